The molecule has 1 aliphatic heterocycles. The second-order valence-corrected chi connectivity index (χ2v) is 5.90. The molecule has 1 saturated heterocycles. The molecule has 0 saturated carbocycles. The lowest BCUT2D eigenvalue weighted by atomic mass is 10.0. The summed E-state index contributed by atoms with van der Waals surface area (Å²) in [5.74, 6) is 1.47. The number of rotatable bonds is 6. The van der Waals surface area contributed by atoms with Crippen molar-refractivity contribution in [1.29, 1.82) is 0 Å². The largest absolute Gasteiger partial charge is 0.476 e. The highest BCUT2D eigenvalue weighted by Crippen LogP contribution is 2.24. The van der Waals surface area contributed by atoms with E-state index in [1.54, 1.807) is 6.20 Å². The summed E-state index contributed by atoms with van der Waals surface area (Å²) in [6.45, 7) is 10.8. The van der Waals surface area contributed by atoms with Gasteiger partial charge in [0.25, 0.3) is 0 Å². The molecule has 1 aromatic rings. The third-order valence-corrected chi connectivity index (χ3v) is 3.62. The summed E-state index contributed by atoms with van der Waals surface area (Å²) >= 11 is 0. The highest BCUT2D eigenvalue weighted by molar-refractivity contribution is 5.52. The zero-order valence-electron chi connectivity index (χ0n) is 12.9. The second-order valence-electron chi connectivity index (χ2n) is 5.90. The minimum atomic E-state index is 0.529. The SMILES string of the molecule is CCOc1ncccc1NC1CCN(CC(C)C)CC1. The van der Waals surface area contributed by atoms with Crippen LogP contribution in [0.15, 0.2) is 18.3 Å². The lowest BCUT2D eigenvalue weighted by Gasteiger charge is -2.33. The van der Waals surface area contributed by atoms with Crippen molar-refractivity contribution in [2.24, 2.45) is 5.92 Å². The predicted octanol–water partition coefficient (Wildman–Crippen LogP) is 3.01. The molecule has 1 N–H and O–H groups in total. The summed E-state index contributed by atoms with van der Waals surface area (Å²) in [6, 6.07) is 4.54. The topological polar surface area (TPSA) is 37.4 Å². The summed E-state index contributed by atoms with van der Waals surface area (Å²) in [4.78, 5) is 6.86. The fourth-order valence-electron chi connectivity index (χ4n) is 2.75. The molecule has 1 fully saturated rings. The molecule has 2 heterocycles. The van der Waals surface area contributed by atoms with Crippen molar-refractivity contribution in [3.63, 3.8) is 0 Å². The number of aromatic nitrogens is 1. The summed E-state index contributed by atoms with van der Waals surface area (Å²) in [6.07, 6.45) is 4.15. The van der Waals surface area contributed by atoms with E-state index in [0.29, 0.717) is 12.6 Å². The van der Waals surface area contributed by atoms with Crippen LogP contribution < -0.4 is 10.1 Å². The van der Waals surface area contributed by atoms with Crippen molar-refractivity contribution < 1.29 is 4.74 Å². The van der Waals surface area contributed by atoms with Crippen LogP contribution in [0.25, 0.3) is 0 Å². The van der Waals surface area contributed by atoms with Crippen LogP contribution in [0.4, 0.5) is 5.69 Å². The Morgan fingerprint density at radius 3 is 2.80 bits per heavy atom. The van der Waals surface area contributed by atoms with E-state index >= 15 is 0 Å². The molecule has 0 atom stereocenters. The normalized spacial score (nSPS) is 17.4. The number of likely N-dealkylation sites (tertiary alicyclic amines) is 1. The standard InChI is InChI=1S/C16H27N3O/c1-4-20-16-15(6-5-9-17-16)18-14-7-10-19(11-8-14)12-13(2)3/h5-6,9,13-14,18H,4,7-8,10-12H2,1-3H3. The maximum absolute atomic E-state index is 5.57. The Bertz CT molecular complexity index is 400. The minimum absolute atomic E-state index is 0.529. The third-order valence-electron chi connectivity index (χ3n) is 3.62. The molecular formula is C16H27N3O. The van der Waals surface area contributed by atoms with Gasteiger partial charge in [0.1, 0.15) is 0 Å². The van der Waals surface area contributed by atoms with Gasteiger partial charge in [-0.05, 0) is 37.8 Å². The van der Waals surface area contributed by atoms with Gasteiger partial charge in [-0.1, -0.05) is 13.8 Å². The zero-order valence-corrected chi connectivity index (χ0v) is 12.9. The van der Waals surface area contributed by atoms with E-state index in [2.05, 4.69) is 35.1 Å². The fraction of sp³-hybridized carbons (Fsp3) is 0.688. The Hall–Kier alpha value is -1.29. The highest BCUT2D eigenvalue weighted by Gasteiger charge is 2.20. The van der Waals surface area contributed by atoms with E-state index in [-0.39, 0.29) is 0 Å². The lowest BCUT2D eigenvalue weighted by molar-refractivity contribution is 0.197. The molecule has 0 aromatic carbocycles. The fourth-order valence-corrected chi connectivity index (χ4v) is 2.75. The average molecular weight is 277 g/mol. The number of hydrogen-bond acceptors (Lipinski definition) is 4. The van der Waals surface area contributed by atoms with Crippen LogP contribution in [0.1, 0.15) is 33.6 Å². The maximum Gasteiger partial charge on any atom is 0.237 e. The number of nitrogens with zero attached hydrogens (tertiary/aromatic N) is 2. The Morgan fingerprint density at radius 2 is 2.15 bits per heavy atom. The number of piperidine rings is 1. The van der Waals surface area contributed by atoms with Crippen LogP contribution in [-0.4, -0.2) is 42.2 Å². The Balaban J connectivity index is 1.86. The van der Waals surface area contributed by atoms with E-state index < -0.39 is 0 Å². The first-order valence-electron chi connectivity index (χ1n) is 7.75. The van der Waals surface area contributed by atoms with Crippen molar-refractivity contribution in [2.45, 2.75) is 39.7 Å². The quantitative estimate of drug-likeness (QED) is 0.867. The minimum Gasteiger partial charge on any atom is -0.476 e. The van der Waals surface area contributed by atoms with Gasteiger partial charge < -0.3 is 15.0 Å². The van der Waals surface area contributed by atoms with Crippen molar-refractivity contribution in [3.8, 4) is 5.88 Å². The van der Waals surface area contributed by atoms with E-state index in [1.165, 1.54) is 32.5 Å². The maximum atomic E-state index is 5.57. The molecule has 4 nitrogen and oxygen atoms in total. The molecule has 1 aliphatic rings. The van der Waals surface area contributed by atoms with Crippen LogP contribution in [0, 0.1) is 5.92 Å². The molecule has 0 spiro atoms. The third kappa shape index (κ3) is 4.37. The molecule has 1 aromatic heterocycles. The van der Waals surface area contributed by atoms with Gasteiger partial charge >= 0.3 is 0 Å². The van der Waals surface area contributed by atoms with E-state index in [9.17, 15) is 0 Å². The second kappa shape index (κ2) is 7.48. The molecule has 0 amide bonds. The van der Waals surface area contributed by atoms with Crippen LogP contribution in [0.5, 0.6) is 5.88 Å². The molecule has 4 heteroatoms. The number of ether oxygens (including phenoxy) is 1. The van der Waals surface area contributed by atoms with Gasteiger partial charge in [-0.25, -0.2) is 4.98 Å². The van der Waals surface area contributed by atoms with E-state index in [1.807, 2.05) is 13.0 Å². The van der Waals surface area contributed by atoms with Gasteiger partial charge in [0.15, 0.2) is 0 Å². The Kier molecular flexibility index (Phi) is 5.65. The van der Waals surface area contributed by atoms with Gasteiger partial charge in [0.2, 0.25) is 5.88 Å². The van der Waals surface area contributed by atoms with Crippen molar-refractivity contribution in [3.05, 3.63) is 18.3 Å². The highest BCUT2D eigenvalue weighted by atomic mass is 16.5. The van der Waals surface area contributed by atoms with Crippen molar-refractivity contribution in [1.82, 2.24) is 9.88 Å². The summed E-state index contributed by atoms with van der Waals surface area (Å²) < 4.78 is 5.57. The average Bonchev–Trinajstić information content (AvgIpc) is 2.43. The van der Waals surface area contributed by atoms with E-state index in [4.69, 9.17) is 4.74 Å². The number of nitrogens with one attached hydrogen (secondary N) is 1. The van der Waals surface area contributed by atoms with Gasteiger partial charge in [-0.2, -0.15) is 0 Å². The first-order valence-corrected chi connectivity index (χ1v) is 7.75. The van der Waals surface area contributed by atoms with Gasteiger partial charge in [-0.3, -0.25) is 0 Å². The molecule has 0 unspecified atom stereocenters. The smallest absolute Gasteiger partial charge is 0.237 e. The Morgan fingerprint density at radius 1 is 1.40 bits per heavy atom. The van der Waals surface area contributed by atoms with Crippen molar-refractivity contribution in [2.75, 3.05) is 31.6 Å². The molecule has 0 radical (unpaired) electrons. The van der Waals surface area contributed by atoms with Crippen molar-refractivity contribution >= 4 is 5.69 Å². The number of anilines is 1. The number of hydrogen-bond donors (Lipinski definition) is 1. The number of pyridine rings is 1. The van der Waals surface area contributed by atoms with E-state index in [0.717, 1.165) is 17.5 Å². The van der Waals surface area contributed by atoms with Gasteiger partial charge in [0.05, 0.1) is 12.3 Å². The first kappa shape index (κ1) is 15.1. The van der Waals surface area contributed by atoms with Gasteiger partial charge in [0, 0.05) is 31.9 Å². The Labute approximate surface area is 122 Å². The molecule has 0 bridgehead atoms. The monoisotopic (exact) mass is 277 g/mol. The predicted molar refractivity (Wildman–Crippen MR) is 83.3 cm³/mol. The van der Waals surface area contributed by atoms with Crippen LogP contribution in [0.3, 0.4) is 0 Å². The molecular weight excluding hydrogens is 250 g/mol. The summed E-state index contributed by atoms with van der Waals surface area (Å²) in [5, 5.41) is 3.59. The zero-order chi connectivity index (χ0) is 14.4. The van der Waals surface area contributed by atoms with Crippen LogP contribution in [-0.2, 0) is 0 Å². The summed E-state index contributed by atoms with van der Waals surface area (Å²) in [5.41, 5.74) is 1.02. The van der Waals surface area contributed by atoms with Crippen LogP contribution in [0.2, 0.25) is 0 Å². The molecule has 2 rings (SSSR count). The molecule has 20 heavy (non-hydrogen) atoms. The molecule has 0 aliphatic carbocycles. The summed E-state index contributed by atoms with van der Waals surface area (Å²) in [7, 11) is 0. The van der Waals surface area contributed by atoms with Gasteiger partial charge in [-0.15, -0.1) is 0 Å². The lowest BCUT2D eigenvalue weighted by Crippen LogP contribution is -2.40. The first-order chi connectivity index (χ1) is 9.69. The van der Waals surface area contributed by atoms with Crippen LogP contribution >= 0.6 is 0 Å². The molecule has 112 valence electrons.